The van der Waals surface area contributed by atoms with E-state index < -0.39 is 0 Å². The van der Waals surface area contributed by atoms with E-state index >= 15 is 0 Å². The van der Waals surface area contributed by atoms with E-state index in [4.69, 9.17) is 0 Å². The fraction of sp³-hybridized carbons (Fsp3) is 0.963. The van der Waals surface area contributed by atoms with Crippen LogP contribution >= 0.6 is 0 Å². The highest BCUT2D eigenvalue weighted by Crippen LogP contribution is 2.21. The Morgan fingerprint density at radius 2 is 0.667 bits per heavy atom. The average molecular weight is 380 g/mol. The Balaban J connectivity index is 3.14. The predicted octanol–water partition coefficient (Wildman–Crippen LogP) is 10.4. The lowest BCUT2D eigenvalue weighted by atomic mass is 9.92. The molecule has 0 spiro atoms. The molecule has 0 aromatic heterocycles. The Hall–Kier alpha value is 0. The van der Waals surface area contributed by atoms with Gasteiger partial charge in [-0.3, -0.25) is 0 Å². The SMILES string of the molecule is [CH2]CC(CCCCC)CCCCCCCCCCCCCCCCCCC. The third kappa shape index (κ3) is 22.2. The molecule has 27 heavy (non-hydrogen) atoms. The van der Waals surface area contributed by atoms with Crippen molar-refractivity contribution < 1.29 is 0 Å². The normalized spacial score (nSPS) is 12.6. The summed E-state index contributed by atoms with van der Waals surface area (Å²) >= 11 is 0. The van der Waals surface area contributed by atoms with E-state index in [1.165, 1.54) is 141 Å². The molecule has 1 atom stereocenters. The molecule has 0 amide bonds. The average Bonchev–Trinajstić information content (AvgIpc) is 2.69. The first kappa shape index (κ1) is 27.0. The van der Waals surface area contributed by atoms with Crippen LogP contribution in [0.25, 0.3) is 0 Å². The molecular formula is C27H55. The monoisotopic (exact) mass is 379 g/mol. The van der Waals surface area contributed by atoms with Gasteiger partial charge in [-0.15, -0.1) is 0 Å². The van der Waals surface area contributed by atoms with Gasteiger partial charge in [-0.25, -0.2) is 0 Å². The molecule has 0 heteroatoms. The Labute approximate surface area is 174 Å². The second-order valence-electron chi connectivity index (χ2n) is 9.10. The zero-order valence-corrected chi connectivity index (χ0v) is 19.5. The zero-order chi connectivity index (χ0) is 19.8. The maximum absolute atomic E-state index is 4.16. The molecule has 0 fully saturated rings. The van der Waals surface area contributed by atoms with Gasteiger partial charge in [0.1, 0.15) is 0 Å². The predicted molar refractivity (Wildman–Crippen MR) is 126 cm³/mol. The van der Waals surface area contributed by atoms with Gasteiger partial charge >= 0.3 is 0 Å². The van der Waals surface area contributed by atoms with Crippen LogP contribution in [0.15, 0.2) is 0 Å². The van der Waals surface area contributed by atoms with Crippen LogP contribution in [0.5, 0.6) is 0 Å². The Morgan fingerprint density at radius 3 is 1.00 bits per heavy atom. The molecule has 0 bridgehead atoms. The molecule has 0 heterocycles. The molecule has 0 rings (SSSR count). The summed E-state index contributed by atoms with van der Waals surface area (Å²) < 4.78 is 0. The standard InChI is InChI=1S/C27H55/c1-4-7-9-10-11-12-13-14-15-16-17-18-19-20-21-22-24-26-27(6-3)25-23-8-5-2/h27H,3-26H2,1-2H3. The maximum atomic E-state index is 4.16. The van der Waals surface area contributed by atoms with Crippen molar-refractivity contribution in [3.63, 3.8) is 0 Å². The molecule has 0 aromatic rings. The van der Waals surface area contributed by atoms with Crippen molar-refractivity contribution in [2.75, 3.05) is 0 Å². The van der Waals surface area contributed by atoms with E-state index in [2.05, 4.69) is 20.8 Å². The van der Waals surface area contributed by atoms with Crippen molar-refractivity contribution in [1.29, 1.82) is 0 Å². The van der Waals surface area contributed by atoms with Crippen molar-refractivity contribution in [3.05, 3.63) is 6.92 Å². The van der Waals surface area contributed by atoms with E-state index in [0.717, 1.165) is 12.3 Å². The van der Waals surface area contributed by atoms with Gasteiger partial charge in [0.25, 0.3) is 0 Å². The van der Waals surface area contributed by atoms with Crippen LogP contribution in [0.4, 0.5) is 0 Å². The molecule has 1 radical (unpaired) electrons. The highest BCUT2D eigenvalue weighted by Gasteiger charge is 2.05. The van der Waals surface area contributed by atoms with Gasteiger partial charge in [-0.05, 0) is 5.92 Å². The first-order chi connectivity index (χ1) is 13.3. The van der Waals surface area contributed by atoms with Crippen molar-refractivity contribution in [2.24, 2.45) is 5.92 Å². The van der Waals surface area contributed by atoms with Crippen molar-refractivity contribution in [3.8, 4) is 0 Å². The van der Waals surface area contributed by atoms with Gasteiger partial charge in [0.2, 0.25) is 0 Å². The number of hydrogen-bond acceptors (Lipinski definition) is 0. The van der Waals surface area contributed by atoms with Crippen LogP contribution < -0.4 is 0 Å². The molecule has 0 aliphatic carbocycles. The quantitative estimate of drug-likeness (QED) is 0.155. The maximum Gasteiger partial charge on any atom is -0.0414 e. The zero-order valence-electron chi connectivity index (χ0n) is 19.5. The minimum atomic E-state index is 0.910. The fourth-order valence-corrected chi connectivity index (χ4v) is 4.27. The third-order valence-electron chi connectivity index (χ3n) is 6.34. The minimum Gasteiger partial charge on any atom is -0.0654 e. The highest BCUT2D eigenvalue weighted by atomic mass is 14.1. The lowest BCUT2D eigenvalue weighted by Gasteiger charge is -2.14. The molecule has 0 saturated carbocycles. The number of unbranched alkanes of at least 4 members (excludes halogenated alkanes) is 18. The highest BCUT2D eigenvalue weighted by molar-refractivity contribution is 4.61. The van der Waals surface area contributed by atoms with Crippen molar-refractivity contribution in [2.45, 2.75) is 162 Å². The van der Waals surface area contributed by atoms with E-state index in [9.17, 15) is 0 Å². The summed E-state index contributed by atoms with van der Waals surface area (Å²) in [5, 5.41) is 0. The molecule has 0 nitrogen and oxygen atoms in total. The molecule has 0 saturated heterocycles. The summed E-state index contributed by atoms with van der Waals surface area (Å²) in [6.07, 6.45) is 33.2. The third-order valence-corrected chi connectivity index (χ3v) is 6.34. The summed E-state index contributed by atoms with van der Waals surface area (Å²) in [4.78, 5) is 0. The molecule has 1 unspecified atom stereocenters. The molecule has 163 valence electrons. The van der Waals surface area contributed by atoms with Gasteiger partial charge in [0.05, 0.1) is 0 Å². The Kier molecular flexibility index (Phi) is 24.0. The van der Waals surface area contributed by atoms with E-state index in [1.807, 2.05) is 0 Å². The van der Waals surface area contributed by atoms with Crippen LogP contribution in [0.2, 0.25) is 0 Å². The first-order valence-electron chi connectivity index (χ1n) is 13.1. The molecule has 0 aromatic carbocycles. The van der Waals surface area contributed by atoms with Crippen LogP contribution in [0.1, 0.15) is 162 Å². The minimum absolute atomic E-state index is 0.910. The van der Waals surface area contributed by atoms with E-state index in [0.29, 0.717) is 0 Å². The van der Waals surface area contributed by atoms with Gasteiger partial charge in [0.15, 0.2) is 0 Å². The smallest absolute Gasteiger partial charge is 0.0414 e. The van der Waals surface area contributed by atoms with Crippen molar-refractivity contribution >= 4 is 0 Å². The van der Waals surface area contributed by atoms with Gasteiger partial charge < -0.3 is 0 Å². The summed E-state index contributed by atoms with van der Waals surface area (Å²) in [6.45, 7) is 8.76. The molecule has 0 N–H and O–H groups in total. The molecule has 0 aliphatic heterocycles. The van der Waals surface area contributed by atoms with Crippen LogP contribution in [-0.4, -0.2) is 0 Å². The summed E-state index contributed by atoms with van der Waals surface area (Å²) in [5.74, 6) is 0.910. The van der Waals surface area contributed by atoms with E-state index in [-0.39, 0.29) is 0 Å². The lowest BCUT2D eigenvalue weighted by Crippen LogP contribution is -1.99. The summed E-state index contributed by atoms with van der Waals surface area (Å²) in [6, 6.07) is 0. The largest absolute Gasteiger partial charge is 0.0654 e. The summed E-state index contributed by atoms with van der Waals surface area (Å²) in [5.41, 5.74) is 0. The van der Waals surface area contributed by atoms with Gasteiger partial charge in [-0.2, -0.15) is 0 Å². The summed E-state index contributed by atoms with van der Waals surface area (Å²) in [7, 11) is 0. The second kappa shape index (κ2) is 24.0. The second-order valence-corrected chi connectivity index (χ2v) is 9.10. The number of rotatable bonds is 23. The Bertz CT molecular complexity index is 244. The van der Waals surface area contributed by atoms with E-state index in [1.54, 1.807) is 0 Å². The molecule has 0 aliphatic rings. The van der Waals surface area contributed by atoms with Crippen LogP contribution in [-0.2, 0) is 0 Å². The van der Waals surface area contributed by atoms with Crippen LogP contribution in [0, 0.1) is 12.8 Å². The number of hydrogen-bond donors (Lipinski definition) is 0. The fourth-order valence-electron chi connectivity index (χ4n) is 4.27. The van der Waals surface area contributed by atoms with Gasteiger partial charge in [-0.1, -0.05) is 168 Å². The van der Waals surface area contributed by atoms with Gasteiger partial charge in [0, 0.05) is 0 Å². The topological polar surface area (TPSA) is 0 Å². The Morgan fingerprint density at radius 1 is 0.407 bits per heavy atom. The first-order valence-corrected chi connectivity index (χ1v) is 13.1. The van der Waals surface area contributed by atoms with Crippen LogP contribution in [0.3, 0.4) is 0 Å². The molecular weight excluding hydrogens is 324 g/mol. The lowest BCUT2D eigenvalue weighted by molar-refractivity contribution is 0.408. The van der Waals surface area contributed by atoms with Crippen molar-refractivity contribution in [1.82, 2.24) is 0 Å².